The van der Waals surface area contributed by atoms with Crippen LogP contribution in [0.25, 0.3) is 0 Å². The first kappa shape index (κ1) is 12.0. The summed E-state index contributed by atoms with van der Waals surface area (Å²) in [6, 6.07) is -0.753. The van der Waals surface area contributed by atoms with Crippen molar-refractivity contribution in [2.24, 2.45) is 5.92 Å². The topological polar surface area (TPSA) is 60.9 Å². The van der Waals surface area contributed by atoms with Crippen LogP contribution in [-0.4, -0.2) is 52.6 Å². The maximum absolute atomic E-state index is 11.7. The summed E-state index contributed by atoms with van der Waals surface area (Å²) in [7, 11) is 1.47. The lowest BCUT2D eigenvalue weighted by Crippen LogP contribution is -2.42. The molecule has 1 heterocycles. The Hall–Kier alpha value is -1.10. The fraction of sp³-hybridized carbons (Fsp3) is 0.800. The number of hydrogen-bond donors (Lipinski definition) is 1. The first-order valence-corrected chi connectivity index (χ1v) is 5.12. The number of hydrogen-bond acceptors (Lipinski definition) is 3. The molecule has 86 valence electrons. The average Bonchev–Trinajstić information content (AvgIpc) is 2.30. The van der Waals surface area contributed by atoms with Crippen LogP contribution in [0.4, 0.5) is 4.79 Å². The van der Waals surface area contributed by atoms with Crippen LogP contribution in [0.15, 0.2) is 0 Å². The summed E-state index contributed by atoms with van der Waals surface area (Å²) in [6.45, 7) is 5.60. The summed E-state index contributed by atoms with van der Waals surface area (Å²) in [5, 5.41) is 9.28. The van der Waals surface area contributed by atoms with Crippen molar-refractivity contribution in [2.75, 3.05) is 13.6 Å². The summed E-state index contributed by atoms with van der Waals surface area (Å²) >= 11 is 0. The molecule has 2 unspecified atom stereocenters. The number of rotatable bonds is 3. The number of amides is 3. The van der Waals surface area contributed by atoms with Crippen LogP contribution in [-0.2, 0) is 4.79 Å². The number of nitrogens with zero attached hydrogens (tertiary/aromatic N) is 2. The summed E-state index contributed by atoms with van der Waals surface area (Å²) in [5.74, 6) is -0.124. The third-order valence-corrected chi connectivity index (χ3v) is 2.54. The third kappa shape index (κ3) is 2.12. The molecule has 1 saturated heterocycles. The highest BCUT2D eigenvalue weighted by Crippen LogP contribution is 2.22. The van der Waals surface area contributed by atoms with Crippen molar-refractivity contribution >= 4 is 11.9 Å². The van der Waals surface area contributed by atoms with Crippen LogP contribution in [0.5, 0.6) is 0 Å². The van der Waals surface area contributed by atoms with Gasteiger partial charge >= 0.3 is 6.03 Å². The Kier molecular flexibility index (Phi) is 3.34. The molecule has 0 aromatic carbocycles. The van der Waals surface area contributed by atoms with Crippen LogP contribution in [0.1, 0.15) is 20.8 Å². The van der Waals surface area contributed by atoms with Crippen molar-refractivity contribution in [1.82, 2.24) is 9.80 Å². The van der Waals surface area contributed by atoms with Gasteiger partial charge in [-0.1, -0.05) is 13.8 Å². The Morgan fingerprint density at radius 2 is 1.87 bits per heavy atom. The van der Waals surface area contributed by atoms with Crippen LogP contribution in [0.2, 0.25) is 0 Å². The molecule has 0 aliphatic carbocycles. The van der Waals surface area contributed by atoms with E-state index in [1.54, 1.807) is 6.92 Å². The Balaban J connectivity index is 2.90. The molecule has 0 radical (unpaired) electrons. The fourth-order valence-electron chi connectivity index (χ4n) is 1.86. The lowest BCUT2D eigenvalue weighted by Gasteiger charge is -2.25. The number of carbonyl (C=O) groups excluding carboxylic acids is 2. The maximum atomic E-state index is 11.7. The summed E-state index contributed by atoms with van der Waals surface area (Å²) in [4.78, 5) is 26.0. The number of likely N-dealkylation sites (N-methyl/N-ethyl adjacent to an activating group) is 1. The van der Waals surface area contributed by atoms with E-state index in [1.807, 2.05) is 13.8 Å². The Morgan fingerprint density at radius 3 is 2.27 bits per heavy atom. The fourth-order valence-corrected chi connectivity index (χ4v) is 1.86. The first-order valence-electron chi connectivity index (χ1n) is 5.12. The molecular formula is C10H18N2O3. The van der Waals surface area contributed by atoms with Crippen LogP contribution < -0.4 is 0 Å². The van der Waals surface area contributed by atoms with Gasteiger partial charge in [0.15, 0.2) is 0 Å². The third-order valence-electron chi connectivity index (χ3n) is 2.54. The highest BCUT2D eigenvalue weighted by atomic mass is 16.3. The zero-order valence-electron chi connectivity index (χ0n) is 9.60. The second kappa shape index (κ2) is 4.18. The number of urea groups is 1. The molecule has 5 heteroatoms. The number of aliphatic hydroxyl groups excluding tert-OH is 1. The SMILES string of the molecule is CC(O)CN1C(=O)N(C)C(=O)C1C(C)C. The van der Waals surface area contributed by atoms with Crippen molar-refractivity contribution in [3.05, 3.63) is 0 Å². The van der Waals surface area contributed by atoms with Crippen LogP contribution >= 0.6 is 0 Å². The predicted octanol–water partition coefficient (Wildman–Crippen LogP) is 0.286. The lowest BCUT2D eigenvalue weighted by atomic mass is 10.0. The largest absolute Gasteiger partial charge is 0.392 e. The van der Waals surface area contributed by atoms with Crippen molar-refractivity contribution in [3.63, 3.8) is 0 Å². The Bertz CT molecular complexity index is 276. The van der Waals surface area contributed by atoms with Gasteiger partial charge in [0.25, 0.3) is 5.91 Å². The van der Waals surface area contributed by atoms with E-state index in [0.717, 1.165) is 4.90 Å². The van der Waals surface area contributed by atoms with Gasteiger partial charge in [0.2, 0.25) is 0 Å². The molecule has 1 aliphatic heterocycles. The minimum absolute atomic E-state index is 0.0603. The van der Waals surface area contributed by atoms with Gasteiger partial charge in [-0.15, -0.1) is 0 Å². The van der Waals surface area contributed by atoms with Crippen LogP contribution in [0, 0.1) is 5.92 Å². The molecule has 5 nitrogen and oxygen atoms in total. The summed E-state index contributed by atoms with van der Waals surface area (Å²) in [5.41, 5.74) is 0. The molecule has 0 bridgehead atoms. The molecule has 1 aliphatic rings. The van der Waals surface area contributed by atoms with E-state index < -0.39 is 12.1 Å². The monoisotopic (exact) mass is 214 g/mol. The smallest absolute Gasteiger partial charge is 0.327 e. The minimum Gasteiger partial charge on any atom is -0.392 e. The molecule has 1 fully saturated rings. The molecule has 0 aromatic rings. The van der Waals surface area contributed by atoms with E-state index in [1.165, 1.54) is 11.9 Å². The molecule has 1 rings (SSSR count). The summed E-state index contributed by atoms with van der Waals surface area (Å²) < 4.78 is 0. The van der Waals surface area contributed by atoms with Gasteiger partial charge in [-0.2, -0.15) is 0 Å². The van der Waals surface area contributed by atoms with Crippen molar-refractivity contribution < 1.29 is 14.7 Å². The second-order valence-corrected chi connectivity index (χ2v) is 4.37. The van der Waals surface area contributed by atoms with E-state index in [2.05, 4.69) is 0 Å². The zero-order valence-corrected chi connectivity index (χ0v) is 9.60. The standard InChI is InChI=1S/C10H18N2O3/c1-6(2)8-9(14)11(4)10(15)12(8)5-7(3)13/h6-8,13H,5H2,1-4H3. The molecule has 0 saturated carbocycles. The molecule has 1 N–H and O–H groups in total. The van der Waals surface area contributed by atoms with Crippen molar-refractivity contribution in [1.29, 1.82) is 0 Å². The van der Waals surface area contributed by atoms with Crippen molar-refractivity contribution in [2.45, 2.75) is 32.9 Å². The van der Waals surface area contributed by atoms with E-state index in [-0.39, 0.29) is 24.4 Å². The molecule has 0 spiro atoms. The van der Waals surface area contributed by atoms with E-state index in [4.69, 9.17) is 0 Å². The first-order chi connectivity index (χ1) is 6.86. The maximum Gasteiger partial charge on any atom is 0.327 e. The quantitative estimate of drug-likeness (QED) is 0.687. The molecule has 3 amide bonds. The van der Waals surface area contributed by atoms with Gasteiger partial charge in [0, 0.05) is 13.6 Å². The van der Waals surface area contributed by atoms with Crippen molar-refractivity contribution in [3.8, 4) is 0 Å². The molecule has 0 aromatic heterocycles. The number of carbonyl (C=O) groups is 2. The van der Waals surface area contributed by atoms with E-state index >= 15 is 0 Å². The number of imide groups is 1. The van der Waals surface area contributed by atoms with Gasteiger partial charge in [0.05, 0.1) is 6.10 Å². The molecule has 15 heavy (non-hydrogen) atoms. The van der Waals surface area contributed by atoms with Crippen LogP contribution in [0.3, 0.4) is 0 Å². The van der Waals surface area contributed by atoms with Gasteiger partial charge < -0.3 is 10.0 Å². The van der Waals surface area contributed by atoms with Gasteiger partial charge in [-0.3, -0.25) is 9.69 Å². The Morgan fingerprint density at radius 1 is 1.33 bits per heavy atom. The predicted molar refractivity (Wildman–Crippen MR) is 55.2 cm³/mol. The summed E-state index contributed by atoms with van der Waals surface area (Å²) in [6.07, 6.45) is -0.616. The zero-order chi connectivity index (χ0) is 11.7. The number of β-amino-alcohol motifs (C(OH)–C–C–N with tert-alkyl or cyclic N) is 1. The highest BCUT2D eigenvalue weighted by molar-refractivity contribution is 6.04. The molecular weight excluding hydrogens is 196 g/mol. The van der Waals surface area contributed by atoms with Gasteiger partial charge in [0.1, 0.15) is 6.04 Å². The average molecular weight is 214 g/mol. The van der Waals surface area contributed by atoms with Gasteiger partial charge in [-0.05, 0) is 12.8 Å². The second-order valence-electron chi connectivity index (χ2n) is 4.37. The Labute approximate surface area is 89.7 Å². The molecule has 2 atom stereocenters. The highest BCUT2D eigenvalue weighted by Gasteiger charge is 2.44. The minimum atomic E-state index is -0.616. The van der Waals surface area contributed by atoms with E-state index in [9.17, 15) is 14.7 Å². The van der Waals surface area contributed by atoms with E-state index in [0.29, 0.717) is 0 Å². The number of aliphatic hydroxyl groups is 1. The normalized spacial score (nSPS) is 24.3. The lowest BCUT2D eigenvalue weighted by molar-refractivity contribution is -0.128. The van der Waals surface area contributed by atoms with Gasteiger partial charge in [-0.25, -0.2) is 4.79 Å².